The maximum Gasteiger partial charge on any atom is 0.222 e. The Bertz CT molecular complexity index is 157. The Kier molecular flexibility index (Phi) is 7.48. The predicted octanol–water partition coefficient (Wildman–Crippen LogP) is 1.49. The van der Waals surface area contributed by atoms with E-state index in [4.69, 9.17) is 0 Å². The van der Waals surface area contributed by atoms with E-state index in [0.717, 1.165) is 13.1 Å². The third kappa shape index (κ3) is 6.89. The molecule has 0 spiro atoms. The number of unbranched alkanes of at least 4 members (excludes halogenated alkanes) is 1. The Morgan fingerprint density at radius 1 is 1.43 bits per heavy atom. The van der Waals surface area contributed by atoms with Gasteiger partial charge >= 0.3 is 0 Å². The van der Waals surface area contributed by atoms with Crippen molar-refractivity contribution in [3.8, 4) is 0 Å². The van der Waals surface area contributed by atoms with E-state index in [9.17, 15) is 4.79 Å². The molecule has 1 amide bonds. The predicted molar refractivity (Wildman–Crippen MR) is 60.3 cm³/mol. The fourth-order valence-corrected chi connectivity index (χ4v) is 1.20. The minimum absolute atomic E-state index is 0.217. The summed E-state index contributed by atoms with van der Waals surface area (Å²) in [4.78, 5) is 13.0. The van der Waals surface area contributed by atoms with Crippen molar-refractivity contribution in [3.63, 3.8) is 0 Å². The summed E-state index contributed by atoms with van der Waals surface area (Å²) in [7, 11) is 3.61. The van der Waals surface area contributed by atoms with Crippen LogP contribution in [0, 0.1) is 5.92 Å². The molecule has 0 bridgehead atoms. The highest BCUT2D eigenvalue weighted by Crippen LogP contribution is 2.02. The van der Waals surface area contributed by atoms with Gasteiger partial charge in [-0.15, -0.1) is 0 Å². The van der Waals surface area contributed by atoms with Gasteiger partial charge in [0.1, 0.15) is 0 Å². The first kappa shape index (κ1) is 13.4. The van der Waals surface area contributed by atoms with Gasteiger partial charge in [-0.2, -0.15) is 0 Å². The first-order valence-electron chi connectivity index (χ1n) is 5.48. The highest BCUT2D eigenvalue weighted by molar-refractivity contribution is 5.75. The van der Waals surface area contributed by atoms with Crippen LogP contribution in [0.5, 0.6) is 0 Å². The number of amides is 1. The van der Waals surface area contributed by atoms with E-state index in [1.807, 2.05) is 0 Å². The van der Waals surface area contributed by atoms with E-state index in [1.54, 1.807) is 19.0 Å². The first-order chi connectivity index (χ1) is 6.57. The largest absolute Gasteiger partial charge is 0.349 e. The summed E-state index contributed by atoms with van der Waals surface area (Å²) in [5, 5.41) is 3.36. The van der Waals surface area contributed by atoms with E-state index in [1.165, 1.54) is 12.8 Å². The van der Waals surface area contributed by atoms with Gasteiger partial charge in [0.15, 0.2) is 0 Å². The summed E-state index contributed by atoms with van der Waals surface area (Å²) in [6.45, 7) is 6.30. The van der Waals surface area contributed by atoms with Crippen molar-refractivity contribution in [2.24, 2.45) is 5.92 Å². The molecule has 0 rings (SSSR count). The quantitative estimate of drug-likeness (QED) is 0.632. The molecule has 1 atom stereocenters. The third-order valence-electron chi connectivity index (χ3n) is 2.22. The number of carbonyl (C=O) groups is 1. The Balaban J connectivity index is 3.45. The fraction of sp³-hybridized carbons (Fsp3) is 0.909. The van der Waals surface area contributed by atoms with Gasteiger partial charge in [-0.3, -0.25) is 4.79 Å². The van der Waals surface area contributed by atoms with Gasteiger partial charge in [0.05, 0.1) is 0 Å². The zero-order valence-electron chi connectivity index (χ0n) is 9.97. The Morgan fingerprint density at radius 2 is 2.07 bits per heavy atom. The maximum atomic E-state index is 11.3. The number of hydrogen-bond donors (Lipinski definition) is 1. The number of nitrogens with one attached hydrogen (secondary N) is 1. The molecule has 0 aliphatic heterocycles. The molecular weight excluding hydrogens is 176 g/mol. The average Bonchev–Trinajstić information content (AvgIpc) is 2.12. The number of hydrogen-bond acceptors (Lipinski definition) is 2. The van der Waals surface area contributed by atoms with Gasteiger partial charge in [0.25, 0.3) is 0 Å². The van der Waals surface area contributed by atoms with Gasteiger partial charge in [-0.25, -0.2) is 0 Å². The minimum atomic E-state index is 0.217. The molecule has 0 aromatic carbocycles. The van der Waals surface area contributed by atoms with Gasteiger partial charge < -0.3 is 10.2 Å². The van der Waals surface area contributed by atoms with Crippen molar-refractivity contribution >= 4 is 5.91 Å². The molecule has 1 unspecified atom stereocenters. The average molecular weight is 200 g/mol. The zero-order chi connectivity index (χ0) is 11.0. The summed E-state index contributed by atoms with van der Waals surface area (Å²) < 4.78 is 0. The Labute approximate surface area is 87.9 Å². The molecule has 14 heavy (non-hydrogen) atoms. The zero-order valence-corrected chi connectivity index (χ0v) is 9.97. The van der Waals surface area contributed by atoms with Crippen LogP contribution in [0.3, 0.4) is 0 Å². The highest BCUT2D eigenvalue weighted by atomic mass is 16.2. The molecule has 3 nitrogen and oxygen atoms in total. The Hall–Kier alpha value is -0.570. The fourth-order valence-electron chi connectivity index (χ4n) is 1.20. The summed E-state index contributed by atoms with van der Waals surface area (Å²) in [6.07, 6.45) is 3.08. The molecule has 0 aromatic heterocycles. The molecule has 0 aromatic rings. The van der Waals surface area contributed by atoms with E-state index in [2.05, 4.69) is 19.2 Å². The van der Waals surface area contributed by atoms with E-state index < -0.39 is 0 Å². The van der Waals surface area contributed by atoms with Crippen molar-refractivity contribution in [1.29, 1.82) is 0 Å². The lowest BCUT2D eigenvalue weighted by atomic mass is 10.1. The summed E-state index contributed by atoms with van der Waals surface area (Å²) >= 11 is 0. The molecule has 84 valence electrons. The van der Waals surface area contributed by atoms with Crippen molar-refractivity contribution in [1.82, 2.24) is 10.2 Å². The standard InChI is InChI=1S/C11H24N2O/c1-5-6-7-12-9-10(2)8-11(14)13(3)4/h10,12H,5-9H2,1-4H3. The van der Waals surface area contributed by atoms with Crippen molar-refractivity contribution < 1.29 is 4.79 Å². The monoisotopic (exact) mass is 200 g/mol. The lowest BCUT2D eigenvalue weighted by Gasteiger charge is -2.15. The van der Waals surface area contributed by atoms with Crippen molar-refractivity contribution in [3.05, 3.63) is 0 Å². The van der Waals surface area contributed by atoms with Crippen LogP contribution in [0.4, 0.5) is 0 Å². The minimum Gasteiger partial charge on any atom is -0.349 e. The smallest absolute Gasteiger partial charge is 0.222 e. The second-order valence-corrected chi connectivity index (χ2v) is 4.16. The van der Waals surface area contributed by atoms with Crippen LogP contribution in [0.2, 0.25) is 0 Å². The second-order valence-electron chi connectivity index (χ2n) is 4.16. The van der Waals surface area contributed by atoms with Gasteiger partial charge in [-0.1, -0.05) is 20.3 Å². The SMILES string of the molecule is CCCCNCC(C)CC(=O)N(C)C. The molecule has 0 radical (unpaired) electrons. The van der Waals surface area contributed by atoms with E-state index in [-0.39, 0.29) is 5.91 Å². The number of carbonyl (C=O) groups excluding carboxylic acids is 1. The molecule has 1 N–H and O–H groups in total. The third-order valence-corrected chi connectivity index (χ3v) is 2.22. The topological polar surface area (TPSA) is 32.3 Å². The van der Waals surface area contributed by atoms with Crippen molar-refractivity contribution in [2.75, 3.05) is 27.2 Å². The molecule has 3 heteroatoms. The van der Waals surface area contributed by atoms with Crippen LogP contribution >= 0.6 is 0 Å². The van der Waals surface area contributed by atoms with Crippen LogP contribution < -0.4 is 5.32 Å². The first-order valence-corrected chi connectivity index (χ1v) is 5.48. The van der Waals surface area contributed by atoms with Gasteiger partial charge in [0.2, 0.25) is 5.91 Å². The molecular formula is C11H24N2O. The van der Waals surface area contributed by atoms with Crippen LogP contribution in [0.15, 0.2) is 0 Å². The molecule has 0 fully saturated rings. The van der Waals surface area contributed by atoms with E-state index in [0.29, 0.717) is 12.3 Å². The molecule has 0 saturated carbocycles. The maximum absolute atomic E-state index is 11.3. The molecule has 0 saturated heterocycles. The molecule has 0 aliphatic carbocycles. The normalized spacial score (nSPS) is 12.6. The molecule has 0 aliphatic rings. The summed E-state index contributed by atoms with van der Waals surface area (Å²) in [5.74, 6) is 0.650. The lowest BCUT2D eigenvalue weighted by Crippen LogP contribution is -2.28. The van der Waals surface area contributed by atoms with Crippen LogP contribution in [-0.2, 0) is 4.79 Å². The number of rotatable bonds is 7. The van der Waals surface area contributed by atoms with Crippen LogP contribution in [-0.4, -0.2) is 38.0 Å². The van der Waals surface area contributed by atoms with Gasteiger partial charge in [0, 0.05) is 20.5 Å². The number of nitrogens with zero attached hydrogens (tertiary/aromatic N) is 1. The van der Waals surface area contributed by atoms with Gasteiger partial charge in [-0.05, 0) is 25.4 Å². The lowest BCUT2D eigenvalue weighted by molar-refractivity contribution is -0.129. The summed E-state index contributed by atoms with van der Waals surface area (Å²) in [5.41, 5.74) is 0. The van der Waals surface area contributed by atoms with Crippen LogP contribution in [0.1, 0.15) is 33.1 Å². The Morgan fingerprint density at radius 3 is 2.57 bits per heavy atom. The van der Waals surface area contributed by atoms with E-state index >= 15 is 0 Å². The van der Waals surface area contributed by atoms with Crippen LogP contribution in [0.25, 0.3) is 0 Å². The second kappa shape index (κ2) is 7.80. The summed E-state index contributed by atoms with van der Waals surface area (Å²) in [6, 6.07) is 0. The molecule has 0 heterocycles. The van der Waals surface area contributed by atoms with Crippen molar-refractivity contribution in [2.45, 2.75) is 33.1 Å². The highest BCUT2D eigenvalue weighted by Gasteiger charge is 2.09.